The molecule has 2 atom stereocenters. The van der Waals surface area contributed by atoms with Crippen LogP contribution in [-0.4, -0.2) is 71.0 Å². The van der Waals surface area contributed by atoms with Gasteiger partial charge in [0.2, 0.25) is 5.91 Å². The number of carbonyl (C=O) groups excluding carboxylic acids is 2. The van der Waals surface area contributed by atoms with Crippen LogP contribution in [0.4, 0.5) is 0 Å². The molecular weight excluding hydrogens is 393 g/mol. The minimum atomic E-state index is -0.460. The van der Waals surface area contributed by atoms with Crippen molar-refractivity contribution in [3.8, 4) is 17.5 Å². The molecule has 0 spiro atoms. The van der Waals surface area contributed by atoms with Crippen LogP contribution in [0.5, 0.6) is 5.75 Å². The van der Waals surface area contributed by atoms with Gasteiger partial charge < -0.3 is 24.3 Å². The molecule has 1 unspecified atom stereocenters. The lowest BCUT2D eigenvalue weighted by Gasteiger charge is -2.14. The summed E-state index contributed by atoms with van der Waals surface area (Å²) >= 11 is 4.27. The molecule has 1 radical (unpaired) electrons. The SMILES string of the molecule is CC[C@H]([B]C#CCNC(=O)COCCOC(S)COc1cccc(C=O)c1)OC. The smallest absolute Gasteiger partial charge is 0.251 e. The maximum absolute atomic E-state index is 11.6. The number of hydrogen-bond donors (Lipinski definition) is 2. The molecule has 0 aliphatic rings. The van der Waals surface area contributed by atoms with Crippen LogP contribution < -0.4 is 10.1 Å². The zero-order chi connectivity index (χ0) is 21.3. The Kier molecular flexibility index (Phi) is 13.7. The fourth-order valence-corrected chi connectivity index (χ4v) is 2.23. The zero-order valence-electron chi connectivity index (χ0n) is 16.8. The van der Waals surface area contributed by atoms with Crippen molar-refractivity contribution in [1.82, 2.24) is 5.32 Å². The fourth-order valence-electron chi connectivity index (χ4n) is 2.05. The number of aldehydes is 1. The molecule has 7 nitrogen and oxygen atoms in total. The van der Waals surface area contributed by atoms with Gasteiger partial charge in [-0.25, -0.2) is 0 Å². The zero-order valence-corrected chi connectivity index (χ0v) is 17.7. The largest absolute Gasteiger partial charge is 0.490 e. The van der Waals surface area contributed by atoms with Gasteiger partial charge in [0.1, 0.15) is 30.7 Å². The van der Waals surface area contributed by atoms with Crippen molar-refractivity contribution in [3.05, 3.63) is 29.8 Å². The highest BCUT2D eigenvalue weighted by molar-refractivity contribution is 7.80. The number of carbonyl (C=O) groups is 2. The van der Waals surface area contributed by atoms with Gasteiger partial charge in [0.25, 0.3) is 7.28 Å². The number of benzene rings is 1. The molecular formula is C20H27BNO6S. The second-order valence-corrected chi connectivity index (χ2v) is 6.40. The second-order valence-electron chi connectivity index (χ2n) is 5.83. The third-order valence-corrected chi connectivity index (χ3v) is 3.91. The van der Waals surface area contributed by atoms with E-state index in [0.29, 0.717) is 11.3 Å². The predicted octanol–water partition coefficient (Wildman–Crippen LogP) is 1.33. The van der Waals surface area contributed by atoms with Crippen LogP contribution in [0.2, 0.25) is 0 Å². The van der Waals surface area contributed by atoms with Crippen molar-refractivity contribution in [2.24, 2.45) is 0 Å². The maximum atomic E-state index is 11.6. The molecule has 1 amide bonds. The number of methoxy groups -OCH3 is 1. The molecule has 29 heavy (non-hydrogen) atoms. The molecule has 0 aliphatic carbocycles. The van der Waals surface area contributed by atoms with Gasteiger partial charge in [0, 0.05) is 18.7 Å². The van der Waals surface area contributed by atoms with Crippen LogP contribution in [0.15, 0.2) is 24.3 Å². The Balaban J connectivity index is 2.05. The molecule has 9 heteroatoms. The standard InChI is InChI=1S/C20H27BNO6S/c1-3-18(25-2)21-8-5-9-22-19(24)14-26-10-11-27-20(29)15-28-17-7-4-6-16(12-17)13-23/h4,6-7,12-13,18,20,29H,3,9-11,14-15H2,1-2H3,(H,22,24)/t18-,20?/m1/s1. The first-order chi connectivity index (χ1) is 14.1. The van der Waals surface area contributed by atoms with Gasteiger partial charge in [-0.05, 0) is 18.6 Å². The number of hydrogen-bond acceptors (Lipinski definition) is 7. The minimum Gasteiger partial charge on any atom is -0.490 e. The van der Waals surface area contributed by atoms with E-state index in [1.54, 1.807) is 38.7 Å². The maximum Gasteiger partial charge on any atom is 0.251 e. The molecule has 0 bridgehead atoms. The van der Waals surface area contributed by atoms with Gasteiger partial charge in [-0.1, -0.05) is 25.0 Å². The van der Waals surface area contributed by atoms with Crippen LogP contribution in [0, 0.1) is 11.7 Å². The lowest BCUT2D eigenvalue weighted by atomic mass is 9.71. The van der Waals surface area contributed by atoms with Crippen molar-refractivity contribution < 1.29 is 28.5 Å². The number of amides is 1. The number of rotatable bonds is 14. The van der Waals surface area contributed by atoms with E-state index in [2.05, 4.69) is 29.7 Å². The highest BCUT2D eigenvalue weighted by Crippen LogP contribution is 2.13. The molecule has 0 aliphatic heterocycles. The Labute approximate surface area is 178 Å². The highest BCUT2D eigenvalue weighted by Gasteiger charge is 2.06. The second kappa shape index (κ2) is 15.9. The fraction of sp³-hybridized carbons (Fsp3) is 0.500. The molecule has 0 aromatic heterocycles. The normalized spacial score (nSPS) is 12.2. The van der Waals surface area contributed by atoms with Crippen LogP contribution in [0.1, 0.15) is 23.7 Å². The van der Waals surface area contributed by atoms with E-state index in [0.717, 1.165) is 12.7 Å². The van der Waals surface area contributed by atoms with Gasteiger partial charge in [0.05, 0.1) is 19.8 Å². The summed E-state index contributed by atoms with van der Waals surface area (Å²) in [6, 6.07) is 6.81. The lowest BCUT2D eigenvalue weighted by molar-refractivity contribution is -0.126. The van der Waals surface area contributed by atoms with E-state index in [4.69, 9.17) is 18.9 Å². The monoisotopic (exact) mass is 420 g/mol. The minimum absolute atomic E-state index is 0.00380. The Morgan fingerprint density at radius 1 is 1.38 bits per heavy atom. The van der Waals surface area contributed by atoms with Crippen LogP contribution in [0.3, 0.4) is 0 Å². The van der Waals surface area contributed by atoms with E-state index in [-0.39, 0.29) is 44.9 Å². The van der Waals surface area contributed by atoms with Crippen molar-refractivity contribution in [2.75, 3.05) is 40.1 Å². The first-order valence-electron chi connectivity index (χ1n) is 9.25. The lowest BCUT2D eigenvalue weighted by Crippen LogP contribution is -2.29. The Hall–Kier alpha value is -1.99. The quantitative estimate of drug-likeness (QED) is 0.118. The number of thiol groups is 1. The number of nitrogens with one attached hydrogen (secondary N) is 1. The topological polar surface area (TPSA) is 83.1 Å². The van der Waals surface area contributed by atoms with E-state index in [1.807, 2.05) is 6.92 Å². The predicted molar refractivity (Wildman–Crippen MR) is 114 cm³/mol. The van der Waals surface area contributed by atoms with E-state index in [1.165, 1.54) is 0 Å². The third kappa shape index (κ3) is 12.2. The van der Waals surface area contributed by atoms with E-state index >= 15 is 0 Å². The molecule has 157 valence electrons. The molecule has 0 saturated carbocycles. The van der Waals surface area contributed by atoms with Crippen molar-refractivity contribution in [2.45, 2.75) is 24.8 Å². The average molecular weight is 420 g/mol. The Bertz CT molecular complexity index is 674. The molecule has 0 saturated heterocycles. The van der Waals surface area contributed by atoms with Crippen molar-refractivity contribution in [3.63, 3.8) is 0 Å². The summed E-state index contributed by atoms with van der Waals surface area (Å²) < 4.78 is 21.3. The summed E-state index contributed by atoms with van der Waals surface area (Å²) in [6.07, 6.45) is 1.60. The molecule has 1 aromatic rings. The van der Waals surface area contributed by atoms with Gasteiger partial charge in [0.15, 0.2) is 0 Å². The highest BCUT2D eigenvalue weighted by atomic mass is 32.1. The van der Waals surface area contributed by atoms with Crippen LogP contribution in [-0.2, 0) is 19.0 Å². The summed E-state index contributed by atoms with van der Waals surface area (Å²) in [7, 11) is 3.39. The first-order valence-corrected chi connectivity index (χ1v) is 9.77. The summed E-state index contributed by atoms with van der Waals surface area (Å²) in [5, 5.41) is 2.64. The van der Waals surface area contributed by atoms with Crippen molar-refractivity contribution in [1.29, 1.82) is 0 Å². The van der Waals surface area contributed by atoms with Crippen LogP contribution >= 0.6 is 12.6 Å². The molecule has 1 aromatic carbocycles. The summed E-state index contributed by atoms with van der Waals surface area (Å²) in [5.74, 6) is 5.99. The first kappa shape index (κ1) is 25.1. The number of ether oxygens (including phenoxy) is 4. The molecule has 0 fully saturated rings. The summed E-state index contributed by atoms with van der Waals surface area (Å²) in [5.41, 5.74) is 0.0768. The average Bonchev–Trinajstić information content (AvgIpc) is 2.74. The molecule has 1 N–H and O–H groups in total. The van der Waals surface area contributed by atoms with Gasteiger partial charge in [-0.3, -0.25) is 9.59 Å². The Morgan fingerprint density at radius 2 is 2.21 bits per heavy atom. The third-order valence-electron chi connectivity index (χ3n) is 3.61. The summed E-state index contributed by atoms with van der Waals surface area (Å²) in [4.78, 5) is 22.4. The molecule has 0 heterocycles. The van der Waals surface area contributed by atoms with E-state index in [9.17, 15) is 9.59 Å². The van der Waals surface area contributed by atoms with Gasteiger partial charge in [-0.15, -0.1) is 12.6 Å². The van der Waals surface area contributed by atoms with Gasteiger partial charge >= 0.3 is 0 Å². The van der Waals surface area contributed by atoms with Gasteiger partial charge in [-0.2, -0.15) is 5.82 Å². The van der Waals surface area contributed by atoms with Crippen molar-refractivity contribution >= 4 is 32.1 Å². The van der Waals surface area contributed by atoms with E-state index < -0.39 is 5.44 Å². The Morgan fingerprint density at radius 3 is 2.93 bits per heavy atom. The van der Waals surface area contributed by atoms with Crippen LogP contribution in [0.25, 0.3) is 0 Å². The summed E-state index contributed by atoms with van der Waals surface area (Å²) in [6.45, 7) is 2.91. The molecule has 1 rings (SSSR count).